The van der Waals surface area contributed by atoms with Crippen molar-refractivity contribution in [3.8, 4) is 0 Å². The van der Waals surface area contributed by atoms with Crippen molar-refractivity contribution in [2.24, 2.45) is 5.92 Å². The zero-order valence-corrected chi connectivity index (χ0v) is 9.45. The average molecular weight is 199 g/mol. The van der Waals surface area contributed by atoms with Crippen LogP contribution in [-0.2, 0) is 9.59 Å². The van der Waals surface area contributed by atoms with Crippen LogP contribution in [-0.4, -0.2) is 30.2 Å². The predicted octanol–water partition coefficient (Wildman–Crippen LogP) is 1.93. The summed E-state index contributed by atoms with van der Waals surface area (Å²) >= 11 is 0. The lowest BCUT2D eigenvalue weighted by atomic mass is 9.94. The summed E-state index contributed by atoms with van der Waals surface area (Å²) in [7, 11) is 0. The van der Waals surface area contributed by atoms with E-state index in [0.717, 1.165) is 12.0 Å². The van der Waals surface area contributed by atoms with Gasteiger partial charge in [0.1, 0.15) is 0 Å². The van der Waals surface area contributed by atoms with Gasteiger partial charge in [-0.15, -0.1) is 0 Å². The Bertz CT molecular complexity index is 166. The fraction of sp³-hybridized carbons (Fsp3) is 0.909. The standard InChI is InChI=1S/C10H21N.CO2/c1-4-10-5-7-11(8-6-10)9(2)3;2-1-3/h9-10H,4-8H2,1-3H3;. The Balaban J connectivity index is 0.000000500. The number of piperidine rings is 1. The van der Waals surface area contributed by atoms with E-state index in [4.69, 9.17) is 9.59 Å². The van der Waals surface area contributed by atoms with Crippen molar-refractivity contribution in [2.45, 2.75) is 46.1 Å². The van der Waals surface area contributed by atoms with Crippen LogP contribution in [0.15, 0.2) is 0 Å². The smallest absolute Gasteiger partial charge is 0.301 e. The molecule has 0 spiro atoms. The zero-order valence-electron chi connectivity index (χ0n) is 9.45. The molecule has 1 aliphatic heterocycles. The van der Waals surface area contributed by atoms with Crippen molar-refractivity contribution in [3.05, 3.63) is 0 Å². The van der Waals surface area contributed by atoms with E-state index < -0.39 is 0 Å². The molecule has 1 fully saturated rings. The minimum Gasteiger partial charge on any atom is -0.301 e. The van der Waals surface area contributed by atoms with Crippen LogP contribution in [0, 0.1) is 5.92 Å². The summed E-state index contributed by atoms with van der Waals surface area (Å²) in [5.41, 5.74) is 0. The molecule has 1 rings (SSSR count). The Hall–Kier alpha value is -0.660. The first kappa shape index (κ1) is 13.3. The molecule has 0 bridgehead atoms. The highest BCUT2D eigenvalue weighted by Gasteiger charge is 2.18. The van der Waals surface area contributed by atoms with Crippen LogP contribution in [0.4, 0.5) is 0 Å². The van der Waals surface area contributed by atoms with Crippen LogP contribution < -0.4 is 0 Å². The van der Waals surface area contributed by atoms with Gasteiger partial charge in [-0.25, -0.2) is 0 Å². The van der Waals surface area contributed by atoms with E-state index in [1.165, 1.54) is 32.4 Å². The van der Waals surface area contributed by atoms with Gasteiger partial charge in [0.15, 0.2) is 0 Å². The van der Waals surface area contributed by atoms with E-state index in [1.807, 2.05) is 0 Å². The molecule has 0 aromatic rings. The van der Waals surface area contributed by atoms with Crippen molar-refractivity contribution in [3.63, 3.8) is 0 Å². The number of hydrogen-bond acceptors (Lipinski definition) is 3. The van der Waals surface area contributed by atoms with Crippen LogP contribution in [0.5, 0.6) is 0 Å². The monoisotopic (exact) mass is 199 g/mol. The quantitative estimate of drug-likeness (QED) is 0.682. The third-order valence-electron chi connectivity index (χ3n) is 2.96. The SMILES string of the molecule is CCC1CCN(C(C)C)CC1.O=C=O. The molecule has 0 unspecified atom stereocenters. The summed E-state index contributed by atoms with van der Waals surface area (Å²) in [6, 6.07) is 0.757. The second-order valence-corrected chi connectivity index (χ2v) is 4.06. The van der Waals surface area contributed by atoms with Gasteiger partial charge in [-0.2, -0.15) is 9.59 Å². The van der Waals surface area contributed by atoms with Crippen molar-refractivity contribution < 1.29 is 9.59 Å². The van der Waals surface area contributed by atoms with E-state index in [-0.39, 0.29) is 6.15 Å². The summed E-state index contributed by atoms with van der Waals surface area (Å²) in [5.74, 6) is 1.02. The van der Waals surface area contributed by atoms with Gasteiger partial charge in [-0.1, -0.05) is 13.3 Å². The number of rotatable bonds is 2. The van der Waals surface area contributed by atoms with E-state index in [0.29, 0.717) is 0 Å². The number of nitrogens with zero attached hydrogens (tertiary/aromatic N) is 1. The Labute approximate surface area is 86.5 Å². The molecule has 0 aromatic carbocycles. The maximum atomic E-state index is 8.12. The van der Waals surface area contributed by atoms with Gasteiger partial charge < -0.3 is 4.90 Å². The first-order valence-electron chi connectivity index (χ1n) is 5.39. The van der Waals surface area contributed by atoms with E-state index >= 15 is 0 Å². The van der Waals surface area contributed by atoms with Gasteiger partial charge in [0.25, 0.3) is 0 Å². The van der Waals surface area contributed by atoms with Gasteiger partial charge in [0.05, 0.1) is 0 Å². The van der Waals surface area contributed by atoms with Gasteiger partial charge in [-0.3, -0.25) is 0 Å². The summed E-state index contributed by atoms with van der Waals surface area (Å²) in [5, 5.41) is 0. The molecular weight excluding hydrogens is 178 g/mol. The summed E-state index contributed by atoms with van der Waals surface area (Å²) in [6.45, 7) is 9.57. The van der Waals surface area contributed by atoms with Crippen LogP contribution in [0.3, 0.4) is 0 Å². The summed E-state index contributed by atoms with van der Waals surface area (Å²) in [6.07, 6.45) is 4.48. The van der Waals surface area contributed by atoms with E-state index in [2.05, 4.69) is 25.7 Å². The molecule has 1 aliphatic rings. The Morgan fingerprint density at radius 1 is 1.29 bits per heavy atom. The molecule has 0 radical (unpaired) electrons. The number of carbonyl (C=O) groups excluding carboxylic acids is 2. The van der Waals surface area contributed by atoms with Crippen molar-refractivity contribution >= 4 is 6.15 Å². The highest BCUT2D eigenvalue weighted by molar-refractivity contribution is 5.20. The molecular formula is C11H21NO2. The number of hydrogen-bond donors (Lipinski definition) is 0. The fourth-order valence-electron chi connectivity index (χ4n) is 1.88. The van der Waals surface area contributed by atoms with Crippen molar-refractivity contribution in [1.29, 1.82) is 0 Å². The number of likely N-dealkylation sites (tertiary alicyclic amines) is 1. The van der Waals surface area contributed by atoms with Crippen LogP contribution >= 0.6 is 0 Å². The molecule has 0 saturated carbocycles. The minimum absolute atomic E-state index is 0.250. The van der Waals surface area contributed by atoms with Crippen molar-refractivity contribution in [1.82, 2.24) is 4.90 Å². The van der Waals surface area contributed by atoms with E-state index in [9.17, 15) is 0 Å². The molecule has 3 heteroatoms. The second-order valence-electron chi connectivity index (χ2n) is 4.06. The molecule has 1 heterocycles. The van der Waals surface area contributed by atoms with E-state index in [1.54, 1.807) is 0 Å². The van der Waals surface area contributed by atoms with Crippen LogP contribution in [0.1, 0.15) is 40.0 Å². The molecule has 82 valence electrons. The fourth-order valence-corrected chi connectivity index (χ4v) is 1.88. The molecule has 0 N–H and O–H groups in total. The molecule has 0 aliphatic carbocycles. The Morgan fingerprint density at radius 2 is 1.71 bits per heavy atom. The molecule has 0 amide bonds. The lowest BCUT2D eigenvalue weighted by Gasteiger charge is -2.34. The first-order valence-corrected chi connectivity index (χ1v) is 5.39. The normalized spacial score (nSPS) is 18.6. The lowest BCUT2D eigenvalue weighted by molar-refractivity contribution is -0.191. The Kier molecular flexibility index (Phi) is 7.35. The third kappa shape index (κ3) is 5.15. The second kappa shape index (κ2) is 7.72. The van der Waals surface area contributed by atoms with Gasteiger partial charge in [-0.05, 0) is 45.7 Å². The highest BCUT2D eigenvalue weighted by atomic mass is 16.2. The molecule has 0 atom stereocenters. The summed E-state index contributed by atoms with van der Waals surface area (Å²) in [4.78, 5) is 18.8. The average Bonchev–Trinajstić information content (AvgIpc) is 2.19. The van der Waals surface area contributed by atoms with Gasteiger partial charge in [0.2, 0.25) is 0 Å². The summed E-state index contributed by atoms with van der Waals surface area (Å²) < 4.78 is 0. The predicted molar refractivity (Wildman–Crippen MR) is 54.7 cm³/mol. The van der Waals surface area contributed by atoms with Crippen LogP contribution in [0.2, 0.25) is 0 Å². The topological polar surface area (TPSA) is 37.4 Å². The third-order valence-corrected chi connectivity index (χ3v) is 2.96. The first-order chi connectivity index (χ1) is 6.65. The Morgan fingerprint density at radius 3 is 2.00 bits per heavy atom. The largest absolute Gasteiger partial charge is 0.373 e. The minimum atomic E-state index is 0.250. The highest BCUT2D eigenvalue weighted by Crippen LogP contribution is 2.20. The maximum absolute atomic E-state index is 8.12. The molecule has 14 heavy (non-hydrogen) atoms. The van der Waals surface area contributed by atoms with Gasteiger partial charge in [0, 0.05) is 6.04 Å². The zero-order chi connectivity index (χ0) is 11.0. The maximum Gasteiger partial charge on any atom is 0.373 e. The van der Waals surface area contributed by atoms with Gasteiger partial charge >= 0.3 is 6.15 Å². The molecule has 1 saturated heterocycles. The van der Waals surface area contributed by atoms with Crippen molar-refractivity contribution in [2.75, 3.05) is 13.1 Å². The molecule has 3 nitrogen and oxygen atoms in total. The van der Waals surface area contributed by atoms with Crippen LogP contribution in [0.25, 0.3) is 0 Å². The molecule has 0 aromatic heterocycles. The lowest BCUT2D eigenvalue weighted by Crippen LogP contribution is -2.38.